The molecule has 0 aromatic heterocycles. The lowest BCUT2D eigenvalue weighted by atomic mass is 10.0. The van der Waals surface area contributed by atoms with Gasteiger partial charge < -0.3 is 28.5 Å². The zero-order valence-electron chi connectivity index (χ0n) is 51.7. The van der Waals surface area contributed by atoms with Crippen LogP contribution >= 0.6 is 7.82 Å². The number of likely N-dealkylation sites (N-methyl/N-ethyl adjacent to an activating group) is 1. The third-order valence-corrected chi connectivity index (χ3v) is 15.8. The van der Waals surface area contributed by atoms with Crippen molar-refractivity contribution in [2.24, 2.45) is 0 Å². The Morgan fingerprint density at radius 2 is 0.831 bits per heavy atom. The molecule has 10 heteroatoms. The molecule has 0 spiro atoms. The number of unbranched alkanes of at least 4 members (excludes halogenated alkanes) is 40. The van der Waals surface area contributed by atoms with Gasteiger partial charge in [-0.25, -0.2) is 0 Å². The predicted octanol–water partition coefficient (Wildman–Crippen LogP) is 19.8. The molecule has 3 atom stereocenters. The summed E-state index contributed by atoms with van der Waals surface area (Å²) in [6.45, 7) is 6.73. The molecule has 1 N–H and O–H groups in total. The Balaban J connectivity index is 5.07. The van der Waals surface area contributed by atoms with Crippen LogP contribution in [0.1, 0.15) is 316 Å². The van der Waals surface area contributed by atoms with E-state index in [9.17, 15) is 19.0 Å². The Morgan fingerprint density at radius 3 is 1.23 bits per heavy atom. The number of rotatable bonds is 60. The van der Waals surface area contributed by atoms with E-state index < -0.39 is 26.6 Å². The van der Waals surface area contributed by atoms with Crippen molar-refractivity contribution in [2.45, 2.75) is 328 Å². The fourth-order valence-corrected chi connectivity index (χ4v) is 10.5. The van der Waals surface area contributed by atoms with E-state index in [0.29, 0.717) is 23.9 Å². The topological polar surface area (TPSA) is 114 Å². The monoisotopic (exact) mass is 1100 g/mol. The van der Waals surface area contributed by atoms with Crippen LogP contribution in [0.15, 0.2) is 48.6 Å². The molecule has 0 aliphatic carbocycles. The van der Waals surface area contributed by atoms with Crippen molar-refractivity contribution in [1.82, 2.24) is 5.32 Å². The van der Waals surface area contributed by atoms with E-state index in [1.165, 1.54) is 199 Å². The highest BCUT2D eigenvalue weighted by Crippen LogP contribution is 2.38. The molecule has 3 unspecified atom stereocenters. The Bertz CT molecular complexity index is 1460. The molecule has 0 aromatic rings. The predicted molar refractivity (Wildman–Crippen MR) is 330 cm³/mol. The third kappa shape index (κ3) is 58.4. The molecule has 0 aliphatic heterocycles. The summed E-state index contributed by atoms with van der Waals surface area (Å²) in [4.78, 5) is 40.0. The maximum atomic E-state index is 13.5. The molecule has 0 rings (SSSR count). The smallest absolute Gasteiger partial charge is 0.306 e. The van der Waals surface area contributed by atoms with Crippen LogP contribution in [0, 0.1) is 0 Å². The van der Waals surface area contributed by atoms with Crippen LogP contribution in [-0.4, -0.2) is 69.4 Å². The van der Waals surface area contributed by atoms with Crippen molar-refractivity contribution in [1.29, 1.82) is 0 Å². The van der Waals surface area contributed by atoms with Gasteiger partial charge in [-0.05, 0) is 51.0 Å². The molecule has 452 valence electrons. The van der Waals surface area contributed by atoms with Gasteiger partial charge in [0.05, 0.1) is 33.8 Å². The fraction of sp³-hybridized carbons (Fsp3) is 0.851. The van der Waals surface area contributed by atoms with Gasteiger partial charge in [-0.1, -0.05) is 301 Å². The largest absolute Gasteiger partial charge is 0.756 e. The van der Waals surface area contributed by atoms with E-state index in [2.05, 4.69) is 62.5 Å². The minimum absolute atomic E-state index is 0.0256. The van der Waals surface area contributed by atoms with Crippen LogP contribution in [0.2, 0.25) is 0 Å². The van der Waals surface area contributed by atoms with Gasteiger partial charge in [-0.2, -0.15) is 0 Å². The molecule has 0 bridgehead atoms. The lowest BCUT2D eigenvalue weighted by molar-refractivity contribution is -0.870. The molecule has 0 fully saturated rings. The van der Waals surface area contributed by atoms with Gasteiger partial charge in [0.1, 0.15) is 19.3 Å². The van der Waals surface area contributed by atoms with E-state index in [-0.39, 0.29) is 24.9 Å². The number of quaternary nitrogens is 1. The molecule has 1 amide bonds. The molecule has 0 saturated carbocycles. The molecule has 0 aromatic carbocycles. The average molecular weight is 1100 g/mol. The summed E-state index contributed by atoms with van der Waals surface area (Å²) in [6.07, 6.45) is 71.0. The van der Waals surface area contributed by atoms with Crippen LogP contribution in [0.25, 0.3) is 0 Å². The van der Waals surface area contributed by atoms with Crippen LogP contribution in [0.5, 0.6) is 0 Å². The first-order chi connectivity index (χ1) is 37.4. The Kier molecular flexibility index (Phi) is 55.7. The highest BCUT2D eigenvalue weighted by atomic mass is 31.2. The van der Waals surface area contributed by atoms with Gasteiger partial charge in [0, 0.05) is 12.8 Å². The molecule has 0 radical (unpaired) electrons. The second-order valence-electron chi connectivity index (χ2n) is 23.7. The lowest BCUT2D eigenvalue weighted by Crippen LogP contribution is -2.47. The number of hydrogen-bond donors (Lipinski definition) is 1. The van der Waals surface area contributed by atoms with Crippen molar-refractivity contribution in [2.75, 3.05) is 40.9 Å². The normalized spacial score (nSPS) is 13.9. The van der Waals surface area contributed by atoms with Crippen LogP contribution in [0.4, 0.5) is 0 Å². The maximum absolute atomic E-state index is 13.5. The summed E-state index contributed by atoms with van der Waals surface area (Å²) in [5.74, 6) is -0.552. The van der Waals surface area contributed by atoms with Crippen LogP contribution < -0.4 is 10.2 Å². The van der Waals surface area contributed by atoms with Crippen molar-refractivity contribution in [3.8, 4) is 0 Å². The van der Waals surface area contributed by atoms with Gasteiger partial charge >= 0.3 is 5.97 Å². The number of carbonyl (C=O) groups excluding carboxylic acids is 2. The van der Waals surface area contributed by atoms with Gasteiger partial charge in [0.15, 0.2) is 0 Å². The second kappa shape index (κ2) is 57.2. The highest BCUT2D eigenvalue weighted by molar-refractivity contribution is 7.45. The molecular formula is C67H127N2O7P. The van der Waals surface area contributed by atoms with Crippen molar-refractivity contribution >= 4 is 19.7 Å². The van der Waals surface area contributed by atoms with Gasteiger partial charge in [0.25, 0.3) is 7.82 Å². The highest BCUT2D eigenvalue weighted by Gasteiger charge is 2.27. The first-order valence-corrected chi connectivity index (χ1v) is 34.4. The number of amides is 1. The van der Waals surface area contributed by atoms with Crippen molar-refractivity contribution in [3.63, 3.8) is 0 Å². The van der Waals surface area contributed by atoms with E-state index in [0.717, 1.165) is 77.0 Å². The van der Waals surface area contributed by atoms with E-state index in [1.807, 2.05) is 33.3 Å². The Hall–Kier alpha value is -2.03. The van der Waals surface area contributed by atoms with E-state index in [1.54, 1.807) is 0 Å². The summed E-state index contributed by atoms with van der Waals surface area (Å²) < 4.78 is 30.3. The minimum atomic E-state index is -4.70. The summed E-state index contributed by atoms with van der Waals surface area (Å²) in [6, 6.07) is -0.897. The summed E-state index contributed by atoms with van der Waals surface area (Å²) in [5, 5.41) is 3.02. The van der Waals surface area contributed by atoms with Gasteiger partial charge in [-0.15, -0.1) is 0 Å². The minimum Gasteiger partial charge on any atom is -0.756 e. The first-order valence-electron chi connectivity index (χ1n) is 33.0. The summed E-state index contributed by atoms with van der Waals surface area (Å²) in [7, 11) is 1.18. The van der Waals surface area contributed by atoms with Gasteiger partial charge in [-0.3, -0.25) is 14.2 Å². The SMILES string of the molecule is CC/C=C/C=C/C=C\CCCCCCCC(=O)NC(COP(=O)([O-])OCC[N+](C)(C)C)C(/C=C\CCCCCCCCCCCCC)OC(=O)CCCCCCCCCCCCCCCCCCCCCCCCCCC. The number of carbonyl (C=O) groups is 2. The maximum Gasteiger partial charge on any atom is 0.306 e. The van der Waals surface area contributed by atoms with Crippen molar-refractivity contribution < 1.29 is 37.3 Å². The number of phosphoric acid groups is 1. The third-order valence-electron chi connectivity index (χ3n) is 14.8. The van der Waals surface area contributed by atoms with E-state index >= 15 is 0 Å². The average Bonchev–Trinajstić information content (AvgIpc) is 3.39. The van der Waals surface area contributed by atoms with Crippen LogP contribution in [0.3, 0.4) is 0 Å². The molecule has 0 aliphatic rings. The van der Waals surface area contributed by atoms with Crippen LogP contribution in [-0.2, 0) is 27.9 Å². The number of ether oxygens (including phenoxy) is 1. The van der Waals surface area contributed by atoms with Crippen molar-refractivity contribution in [3.05, 3.63) is 48.6 Å². The number of esters is 1. The number of hydrogen-bond acceptors (Lipinski definition) is 7. The van der Waals surface area contributed by atoms with Gasteiger partial charge in [0.2, 0.25) is 5.91 Å². The summed E-state index contributed by atoms with van der Waals surface area (Å²) in [5.41, 5.74) is 0. The lowest BCUT2D eigenvalue weighted by Gasteiger charge is -2.30. The molecular weight excluding hydrogens is 976 g/mol. The zero-order chi connectivity index (χ0) is 56.4. The number of allylic oxidation sites excluding steroid dienone is 7. The summed E-state index contributed by atoms with van der Waals surface area (Å²) >= 11 is 0. The number of nitrogens with one attached hydrogen (secondary N) is 1. The molecule has 0 saturated heterocycles. The van der Waals surface area contributed by atoms with E-state index in [4.69, 9.17) is 13.8 Å². The first kappa shape index (κ1) is 75.0. The second-order valence-corrected chi connectivity index (χ2v) is 25.1. The number of nitrogens with zero attached hydrogens (tertiary/aromatic N) is 1. The zero-order valence-corrected chi connectivity index (χ0v) is 52.6. The Labute approximate surface area is 478 Å². The molecule has 77 heavy (non-hydrogen) atoms. The number of phosphoric ester groups is 1. The Morgan fingerprint density at radius 1 is 0.468 bits per heavy atom. The molecule has 9 nitrogen and oxygen atoms in total. The quantitative estimate of drug-likeness (QED) is 0.0161. The standard InChI is InChI=1S/C67H127N2O7P/c1-7-10-13-16-19-22-25-28-29-30-31-32-33-34-35-36-37-38-39-42-45-48-51-54-57-60-67(71)76-65(58-55-52-49-46-43-40-26-23-20-17-14-11-8-2)64(63-75-77(72,73)74-62-61-69(4,5)6)68-66(70)59-56-53-50-47-44-41-27-24-21-18-15-12-9-3/h12,15,18,21,24,27,55,58,64-65H,7-11,13-14,16-17,19-20,22-23,25-26,28-54,56-57,59-63H2,1-6H3,(H-,68,70,72,73)/b15-12+,21-18+,27-24-,58-55-. The fourth-order valence-electron chi connectivity index (χ4n) is 9.76. The molecule has 0 heterocycles.